The molecule has 0 unspecified atom stereocenters. The fourth-order valence-corrected chi connectivity index (χ4v) is 4.69. The number of piperazine rings is 1. The smallest absolute Gasteiger partial charge is 0.244 e. The molecule has 1 aliphatic carbocycles. The lowest BCUT2D eigenvalue weighted by Gasteiger charge is -2.31. The van der Waals surface area contributed by atoms with Crippen molar-refractivity contribution in [3.8, 4) is 0 Å². The summed E-state index contributed by atoms with van der Waals surface area (Å²) in [5.74, 6) is 0.934. The van der Waals surface area contributed by atoms with Crippen molar-refractivity contribution in [2.24, 2.45) is 11.0 Å². The van der Waals surface area contributed by atoms with E-state index in [0.717, 1.165) is 42.8 Å². The van der Waals surface area contributed by atoms with Crippen LogP contribution < -0.4 is 5.43 Å². The Morgan fingerprint density at radius 2 is 2.00 bits per heavy atom. The van der Waals surface area contributed by atoms with E-state index in [9.17, 15) is 8.42 Å². The summed E-state index contributed by atoms with van der Waals surface area (Å²) in [7, 11) is -1.51. The van der Waals surface area contributed by atoms with Crippen LogP contribution in [0, 0.1) is 5.92 Å². The highest BCUT2D eigenvalue weighted by atomic mass is 32.2. The third-order valence-electron chi connectivity index (χ3n) is 5.44. The number of allylic oxidation sites excluding steroid dienone is 3. The van der Waals surface area contributed by atoms with E-state index in [-0.39, 0.29) is 4.90 Å². The van der Waals surface area contributed by atoms with Crippen LogP contribution in [-0.2, 0) is 10.0 Å². The average molecular weight is 404 g/mol. The minimum atomic E-state index is -3.50. The van der Waals surface area contributed by atoms with Crippen LogP contribution in [0.2, 0.25) is 0 Å². The molecule has 28 heavy (non-hydrogen) atoms. The molecule has 1 atom stereocenters. The number of hydrazone groups is 1. The Morgan fingerprint density at radius 3 is 2.61 bits per heavy atom. The SMILES string of the molecule is C=C(C)[C@@H]1CC=C(C)C(=NNc2ccc(S(=O)(=O)N3CCN(C)CC3)cn2)C1. The van der Waals surface area contributed by atoms with E-state index in [2.05, 4.69) is 33.1 Å². The molecule has 7 nitrogen and oxygen atoms in total. The summed E-state index contributed by atoms with van der Waals surface area (Å²) in [5.41, 5.74) is 6.25. The largest absolute Gasteiger partial charge is 0.304 e. The zero-order valence-corrected chi connectivity index (χ0v) is 17.7. The summed E-state index contributed by atoms with van der Waals surface area (Å²) in [5, 5.41) is 4.49. The van der Waals surface area contributed by atoms with Crippen LogP contribution in [0.15, 0.2) is 52.1 Å². The first-order valence-electron chi connectivity index (χ1n) is 9.57. The Hall–Kier alpha value is -2.03. The minimum Gasteiger partial charge on any atom is -0.304 e. The molecule has 1 aromatic heterocycles. The average Bonchev–Trinajstić information content (AvgIpc) is 2.68. The van der Waals surface area contributed by atoms with Crippen LogP contribution in [0.1, 0.15) is 26.7 Å². The van der Waals surface area contributed by atoms with Crippen LogP contribution in [0.4, 0.5) is 5.82 Å². The van der Waals surface area contributed by atoms with Crippen molar-refractivity contribution in [1.29, 1.82) is 0 Å². The van der Waals surface area contributed by atoms with Gasteiger partial charge in [-0.1, -0.05) is 18.2 Å². The second-order valence-electron chi connectivity index (χ2n) is 7.63. The number of hydrogen-bond donors (Lipinski definition) is 1. The Balaban J connectivity index is 1.68. The highest BCUT2D eigenvalue weighted by Crippen LogP contribution is 2.26. The van der Waals surface area contributed by atoms with Gasteiger partial charge in [-0.15, -0.1) is 0 Å². The molecule has 3 rings (SSSR count). The zero-order chi connectivity index (χ0) is 20.3. The quantitative estimate of drug-likeness (QED) is 0.604. The summed E-state index contributed by atoms with van der Waals surface area (Å²) < 4.78 is 27.0. The molecule has 2 heterocycles. The molecule has 0 aromatic carbocycles. The summed E-state index contributed by atoms with van der Waals surface area (Å²) in [6.45, 7) is 10.6. The van der Waals surface area contributed by atoms with Crippen molar-refractivity contribution in [2.75, 3.05) is 38.7 Å². The van der Waals surface area contributed by atoms with Gasteiger partial charge in [0.05, 0.1) is 5.71 Å². The third-order valence-corrected chi connectivity index (χ3v) is 7.32. The molecular formula is C20H29N5O2S. The number of anilines is 1. The van der Waals surface area contributed by atoms with E-state index < -0.39 is 10.0 Å². The summed E-state index contributed by atoms with van der Waals surface area (Å²) in [6, 6.07) is 3.24. The van der Waals surface area contributed by atoms with E-state index in [4.69, 9.17) is 0 Å². The summed E-state index contributed by atoms with van der Waals surface area (Å²) in [6.07, 6.45) is 5.43. The number of pyridine rings is 1. The number of rotatable bonds is 5. The Kier molecular flexibility index (Phi) is 6.32. The molecule has 8 heteroatoms. The third kappa shape index (κ3) is 4.68. The van der Waals surface area contributed by atoms with E-state index in [1.54, 1.807) is 12.1 Å². The van der Waals surface area contributed by atoms with E-state index in [1.807, 2.05) is 20.9 Å². The minimum absolute atomic E-state index is 0.214. The van der Waals surface area contributed by atoms with Gasteiger partial charge in [-0.2, -0.15) is 9.41 Å². The first kappa shape index (κ1) is 20.7. The van der Waals surface area contributed by atoms with Gasteiger partial charge in [0.1, 0.15) is 10.7 Å². The predicted octanol–water partition coefficient (Wildman–Crippen LogP) is 2.72. The van der Waals surface area contributed by atoms with Crippen molar-refractivity contribution in [3.63, 3.8) is 0 Å². The lowest BCUT2D eigenvalue weighted by molar-refractivity contribution is 0.222. The highest BCUT2D eigenvalue weighted by Gasteiger charge is 2.27. The molecule has 1 fully saturated rings. The molecule has 2 aliphatic rings. The maximum atomic E-state index is 12.8. The van der Waals surface area contributed by atoms with Gasteiger partial charge >= 0.3 is 0 Å². The highest BCUT2D eigenvalue weighted by molar-refractivity contribution is 7.89. The fraction of sp³-hybridized carbons (Fsp3) is 0.500. The molecule has 1 aromatic rings. The topological polar surface area (TPSA) is 77.9 Å². The molecule has 0 spiro atoms. The summed E-state index contributed by atoms with van der Waals surface area (Å²) in [4.78, 5) is 6.58. The van der Waals surface area contributed by atoms with Gasteiger partial charge in [0.15, 0.2) is 0 Å². The van der Waals surface area contributed by atoms with E-state index in [0.29, 0.717) is 24.8 Å². The van der Waals surface area contributed by atoms with Gasteiger partial charge in [0.25, 0.3) is 0 Å². The zero-order valence-electron chi connectivity index (χ0n) is 16.9. The number of likely N-dealkylation sites (N-methyl/N-ethyl adjacent to an activating group) is 1. The van der Waals surface area contributed by atoms with E-state index >= 15 is 0 Å². The molecule has 0 amide bonds. The first-order valence-corrected chi connectivity index (χ1v) is 11.0. The monoisotopic (exact) mass is 403 g/mol. The van der Waals surface area contributed by atoms with Crippen LogP contribution >= 0.6 is 0 Å². The van der Waals surface area contributed by atoms with Gasteiger partial charge < -0.3 is 4.90 Å². The number of aromatic nitrogens is 1. The molecule has 152 valence electrons. The van der Waals surface area contributed by atoms with Gasteiger partial charge in [-0.25, -0.2) is 13.4 Å². The van der Waals surface area contributed by atoms with Crippen molar-refractivity contribution in [3.05, 3.63) is 42.1 Å². The van der Waals surface area contributed by atoms with Crippen molar-refractivity contribution in [2.45, 2.75) is 31.6 Å². The van der Waals surface area contributed by atoms with Crippen molar-refractivity contribution in [1.82, 2.24) is 14.2 Å². The summed E-state index contributed by atoms with van der Waals surface area (Å²) >= 11 is 0. The molecule has 0 bridgehead atoms. The Bertz CT molecular complexity index is 882. The van der Waals surface area contributed by atoms with Gasteiger partial charge in [-0.3, -0.25) is 5.43 Å². The lowest BCUT2D eigenvalue weighted by atomic mass is 9.85. The normalized spacial score (nSPS) is 23.5. The van der Waals surface area contributed by atoms with Gasteiger partial charge in [-0.05, 0) is 57.4 Å². The second-order valence-corrected chi connectivity index (χ2v) is 9.56. The molecule has 1 N–H and O–H groups in total. The number of nitrogens with one attached hydrogen (secondary N) is 1. The first-order chi connectivity index (χ1) is 13.3. The van der Waals surface area contributed by atoms with Crippen LogP contribution in [-0.4, -0.2) is 61.5 Å². The Labute approximate surface area is 167 Å². The second kappa shape index (κ2) is 8.55. The molecule has 1 aliphatic heterocycles. The maximum Gasteiger partial charge on any atom is 0.244 e. The Morgan fingerprint density at radius 1 is 1.29 bits per heavy atom. The van der Waals surface area contributed by atoms with Crippen LogP contribution in [0.5, 0.6) is 0 Å². The molecule has 0 radical (unpaired) electrons. The van der Waals surface area contributed by atoms with Gasteiger partial charge in [0.2, 0.25) is 10.0 Å². The van der Waals surface area contributed by atoms with Crippen LogP contribution in [0.3, 0.4) is 0 Å². The van der Waals surface area contributed by atoms with Crippen molar-refractivity contribution >= 4 is 21.6 Å². The van der Waals surface area contributed by atoms with Crippen LogP contribution in [0.25, 0.3) is 0 Å². The standard InChI is InChI=1S/C20H29N5O2S/c1-15(2)17-6-5-16(3)19(13-17)22-23-20-8-7-18(14-21-20)28(26,27)25-11-9-24(4)10-12-25/h5,7-8,14,17H,1,6,9-13H2,2-4H3,(H,21,23)/t17-/m1/s1. The fourth-order valence-electron chi connectivity index (χ4n) is 3.33. The van der Waals surface area contributed by atoms with E-state index in [1.165, 1.54) is 10.5 Å². The maximum absolute atomic E-state index is 12.8. The lowest BCUT2D eigenvalue weighted by Crippen LogP contribution is -2.47. The number of sulfonamides is 1. The van der Waals surface area contributed by atoms with Gasteiger partial charge in [0, 0.05) is 32.4 Å². The van der Waals surface area contributed by atoms with Crippen molar-refractivity contribution < 1.29 is 8.42 Å². The molecule has 1 saturated heterocycles. The molecule has 0 saturated carbocycles. The predicted molar refractivity (Wildman–Crippen MR) is 113 cm³/mol. The number of nitrogens with zero attached hydrogens (tertiary/aromatic N) is 4. The molecular weight excluding hydrogens is 374 g/mol. The number of hydrogen-bond acceptors (Lipinski definition) is 6.